The van der Waals surface area contributed by atoms with Gasteiger partial charge in [-0.1, -0.05) is 12.1 Å². The number of carbonyl (C=O) groups excluding carboxylic acids is 1. The fourth-order valence-corrected chi connectivity index (χ4v) is 2.68. The van der Waals surface area contributed by atoms with Crippen molar-refractivity contribution in [1.29, 1.82) is 0 Å². The number of ether oxygens (including phenoxy) is 1. The minimum atomic E-state index is -0.177. The summed E-state index contributed by atoms with van der Waals surface area (Å²) in [6.45, 7) is 0.425. The Hall–Kier alpha value is -3.02. The van der Waals surface area contributed by atoms with Crippen molar-refractivity contribution in [2.24, 2.45) is 14.1 Å². The van der Waals surface area contributed by atoms with E-state index in [1.807, 2.05) is 24.3 Å². The highest BCUT2D eigenvalue weighted by Crippen LogP contribution is 2.15. The molecule has 6 heteroatoms. The van der Waals surface area contributed by atoms with Gasteiger partial charge in [-0.05, 0) is 35.9 Å². The molecule has 0 fully saturated rings. The fourth-order valence-electron chi connectivity index (χ4n) is 2.68. The number of imidazole rings is 1. The van der Waals surface area contributed by atoms with Gasteiger partial charge in [0.15, 0.2) is 0 Å². The number of nitrogens with one attached hydrogen (secondary N) is 1. The van der Waals surface area contributed by atoms with E-state index in [1.165, 1.54) is 4.57 Å². The third-order valence-electron chi connectivity index (χ3n) is 4.15. The molecule has 0 aliphatic heterocycles. The summed E-state index contributed by atoms with van der Waals surface area (Å²) in [4.78, 5) is 24.3. The van der Waals surface area contributed by atoms with Gasteiger partial charge in [0.25, 0.3) is 5.91 Å². The summed E-state index contributed by atoms with van der Waals surface area (Å²) in [5.41, 5.74) is 2.93. The van der Waals surface area contributed by atoms with Crippen LogP contribution in [0.3, 0.4) is 0 Å². The normalized spacial score (nSPS) is 10.8. The quantitative estimate of drug-likeness (QED) is 0.796. The average Bonchev–Trinajstić information content (AvgIpc) is 2.84. The SMILES string of the molecule is COc1ccc(CNC(=O)c2ccc3c(c2)n(C)c(=O)n3C)cc1. The Morgan fingerprint density at radius 1 is 1.04 bits per heavy atom. The number of fused-ring (bicyclic) bond motifs is 1. The number of amides is 1. The van der Waals surface area contributed by atoms with E-state index >= 15 is 0 Å². The number of rotatable bonds is 4. The minimum absolute atomic E-state index is 0.110. The van der Waals surface area contributed by atoms with Gasteiger partial charge >= 0.3 is 5.69 Å². The molecule has 124 valence electrons. The van der Waals surface area contributed by atoms with E-state index < -0.39 is 0 Å². The number of carbonyl (C=O) groups is 1. The summed E-state index contributed by atoms with van der Waals surface area (Å²) in [6.07, 6.45) is 0. The number of benzene rings is 2. The number of methoxy groups -OCH3 is 1. The first-order valence-electron chi connectivity index (χ1n) is 7.58. The number of aryl methyl sites for hydroxylation is 2. The van der Waals surface area contributed by atoms with E-state index in [9.17, 15) is 9.59 Å². The molecule has 3 aromatic rings. The summed E-state index contributed by atoms with van der Waals surface area (Å²) in [6, 6.07) is 12.8. The Morgan fingerprint density at radius 3 is 2.38 bits per heavy atom. The van der Waals surface area contributed by atoms with Crippen LogP contribution in [-0.4, -0.2) is 22.2 Å². The number of aromatic nitrogens is 2. The molecule has 0 unspecified atom stereocenters. The first-order chi connectivity index (χ1) is 11.5. The van der Waals surface area contributed by atoms with E-state index in [1.54, 1.807) is 44.0 Å². The van der Waals surface area contributed by atoms with Crippen LogP contribution in [0.2, 0.25) is 0 Å². The highest BCUT2D eigenvalue weighted by Gasteiger charge is 2.11. The molecule has 0 atom stereocenters. The second-order valence-corrected chi connectivity index (χ2v) is 5.63. The van der Waals surface area contributed by atoms with Gasteiger partial charge in [0.05, 0.1) is 18.1 Å². The molecule has 6 nitrogen and oxygen atoms in total. The lowest BCUT2D eigenvalue weighted by Crippen LogP contribution is -2.22. The summed E-state index contributed by atoms with van der Waals surface area (Å²) < 4.78 is 8.21. The van der Waals surface area contributed by atoms with Crippen LogP contribution in [0.5, 0.6) is 5.75 Å². The van der Waals surface area contributed by atoms with Gasteiger partial charge in [0.1, 0.15) is 5.75 Å². The second kappa shape index (κ2) is 6.23. The zero-order valence-corrected chi connectivity index (χ0v) is 13.9. The van der Waals surface area contributed by atoms with Crippen molar-refractivity contribution in [3.05, 3.63) is 64.1 Å². The lowest BCUT2D eigenvalue weighted by Gasteiger charge is -2.07. The monoisotopic (exact) mass is 325 g/mol. The Kier molecular flexibility index (Phi) is 4.12. The molecule has 0 aliphatic rings. The van der Waals surface area contributed by atoms with Crippen molar-refractivity contribution in [1.82, 2.24) is 14.5 Å². The summed E-state index contributed by atoms with van der Waals surface area (Å²) in [5.74, 6) is 0.601. The fraction of sp³-hybridized carbons (Fsp3) is 0.222. The van der Waals surface area contributed by atoms with Crippen LogP contribution < -0.4 is 15.7 Å². The Labute approximate surface area is 139 Å². The van der Waals surface area contributed by atoms with E-state index in [0.717, 1.165) is 22.3 Å². The lowest BCUT2D eigenvalue weighted by molar-refractivity contribution is 0.0951. The predicted octanol–water partition coefficient (Wildman–Crippen LogP) is 1.82. The van der Waals surface area contributed by atoms with Gasteiger partial charge in [-0.15, -0.1) is 0 Å². The Balaban J connectivity index is 1.78. The number of hydrogen-bond acceptors (Lipinski definition) is 3. The van der Waals surface area contributed by atoms with E-state index in [2.05, 4.69) is 5.32 Å². The Morgan fingerprint density at radius 2 is 1.71 bits per heavy atom. The molecule has 0 bridgehead atoms. The summed E-state index contributed by atoms with van der Waals surface area (Å²) >= 11 is 0. The largest absolute Gasteiger partial charge is 0.497 e. The molecule has 0 aliphatic carbocycles. The highest BCUT2D eigenvalue weighted by molar-refractivity contribution is 5.97. The number of nitrogens with zero attached hydrogens (tertiary/aromatic N) is 2. The smallest absolute Gasteiger partial charge is 0.328 e. The van der Waals surface area contributed by atoms with Crippen molar-refractivity contribution in [2.45, 2.75) is 6.54 Å². The van der Waals surface area contributed by atoms with Gasteiger partial charge in [-0.3, -0.25) is 13.9 Å². The van der Waals surface area contributed by atoms with Crippen molar-refractivity contribution < 1.29 is 9.53 Å². The van der Waals surface area contributed by atoms with E-state index in [-0.39, 0.29) is 11.6 Å². The maximum atomic E-state index is 12.4. The molecular formula is C18H19N3O3. The molecule has 1 amide bonds. The average molecular weight is 325 g/mol. The molecule has 0 saturated heterocycles. The molecule has 0 spiro atoms. The first kappa shape index (κ1) is 15.9. The van der Waals surface area contributed by atoms with Gasteiger partial charge < -0.3 is 10.1 Å². The van der Waals surface area contributed by atoms with Crippen molar-refractivity contribution >= 4 is 16.9 Å². The highest BCUT2D eigenvalue weighted by atomic mass is 16.5. The van der Waals surface area contributed by atoms with Gasteiger partial charge in [0.2, 0.25) is 0 Å². The molecular weight excluding hydrogens is 306 g/mol. The van der Waals surface area contributed by atoms with E-state index in [4.69, 9.17) is 4.74 Å². The van der Waals surface area contributed by atoms with Crippen LogP contribution in [0.15, 0.2) is 47.3 Å². The van der Waals surface area contributed by atoms with Crippen LogP contribution in [-0.2, 0) is 20.6 Å². The molecule has 24 heavy (non-hydrogen) atoms. The third-order valence-corrected chi connectivity index (χ3v) is 4.15. The molecule has 1 N–H and O–H groups in total. The molecule has 1 heterocycles. The third kappa shape index (κ3) is 2.78. The predicted molar refractivity (Wildman–Crippen MR) is 92.3 cm³/mol. The van der Waals surface area contributed by atoms with Crippen molar-refractivity contribution in [3.63, 3.8) is 0 Å². The first-order valence-corrected chi connectivity index (χ1v) is 7.58. The minimum Gasteiger partial charge on any atom is -0.497 e. The van der Waals surface area contributed by atoms with Crippen LogP contribution >= 0.6 is 0 Å². The topological polar surface area (TPSA) is 65.3 Å². The molecule has 3 rings (SSSR count). The van der Waals surface area contributed by atoms with Crippen LogP contribution in [0.25, 0.3) is 11.0 Å². The second-order valence-electron chi connectivity index (χ2n) is 5.63. The van der Waals surface area contributed by atoms with Crippen LogP contribution in [0.4, 0.5) is 0 Å². The van der Waals surface area contributed by atoms with Crippen LogP contribution in [0, 0.1) is 0 Å². The maximum Gasteiger partial charge on any atom is 0.328 e. The lowest BCUT2D eigenvalue weighted by atomic mass is 10.1. The molecule has 1 aromatic heterocycles. The molecule has 0 saturated carbocycles. The van der Waals surface area contributed by atoms with Crippen LogP contribution in [0.1, 0.15) is 15.9 Å². The molecule has 0 radical (unpaired) electrons. The van der Waals surface area contributed by atoms with Crippen molar-refractivity contribution in [3.8, 4) is 5.75 Å². The summed E-state index contributed by atoms with van der Waals surface area (Å²) in [7, 11) is 5.03. The standard InChI is InChI=1S/C18H19N3O3/c1-20-15-9-6-13(10-16(15)21(2)18(20)23)17(22)19-11-12-4-7-14(24-3)8-5-12/h4-10H,11H2,1-3H3,(H,19,22). The molecule has 2 aromatic carbocycles. The zero-order valence-electron chi connectivity index (χ0n) is 13.9. The van der Waals surface area contributed by atoms with Gasteiger partial charge in [-0.25, -0.2) is 4.79 Å². The van der Waals surface area contributed by atoms with E-state index in [0.29, 0.717) is 12.1 Å². The zero-order chi connectivity index (χ0) is 17.3. The maximum absolute atomic E-state index is 12.4. The van der Waals surface area contributed by atoms with Gasteiger partial charge in [-0.2, -0.15) is 0 Å². The number of hydrogen-bond donors (Lipinski definition) is 1. The Bertz CT molecular complexity index is 952. The summed E-state index contributed by atoms with van der Waals surface area (Å²) in [5, 5.41) is 2.88. The van der Waals surface area contributed by atoms with Crippen molar-refractivity contribution in [2.75, 3.05) is 7.11 Å². The van der Waals surface area contributed by atoms with Gasteiger partial charge in [0, 0.05) is 26.2 Å².